The Kier molecular flexibility index (Phi) is 3.12. The summed E-state index contributed by atoms with van der Waals surface area (Å²) in [4.78, 5) is 0. The van der Waals surface area contributed by atoms with Crippen LogP contribution in [0.1, 0.15) is 11.1 Å². The molecule has 0 saturated heterocycles. The first-order chi connectivity index (χ1) is 6.81. The SMILES string of the molecule is N#Cc1ccccc1C1=N[Se][Se](Cl)=N1. The Morgan fingerprint density at radius 2 is 2.21 bits per heavy atom. The predicted molar refractivity (Wildman–Crippen MR) is 57.5 cm³/mol. The first-order valence-corrected chi connectivity index (χ1v) is 11.8. The summed E-state index contributed by atoms with van der Waals surface area (Å²) in [5, 5.41) is 8.88. The van der Waals surface area contributed by atoms with Gasteiger partial charge in [-0.1, -0.05) is 0 Å². The number of hydrogen-bond acceptors (Lipinski definition) is 3. The van der Waals surface area contributed by atoms with Crippen LogP contribution in [0.2, 0.25) is 0 Å². The van der Waals surface area contributed by atoms with E-state index in [1.807, 2.05) is 18.2 Å². The fourth-order valence-electron chi connectivity index (χ4n) is 1.04. The third-order valence-electron chi connectivity index (χ3n) is 1.63. The van der Waals surface area contributed by atoms with E-state index in [0.29, 0.717) is 11.4 Å². The molecule has 1 heterocycles. The molecule has 0 aromatic heterocycles. The number of hydrogen-bond donors (Lipinski definition) is 0. The summed E-state index contributed by atoms with van der Waals surface area (Å²) in [5.41, 5.74) is 1.42. The van der Waals surface area contributed by atoms with E-state index in [0.717, 1.165) is 5.56 Å². The van der Waals surface area contributed by atoms with E-state index in [1.165, 1.54) is 0 Å². The Balaban J connectivity index is 2.48. The third-order valence-corrected chi connectivity index (χ3v) is 7.92. The van der Waals surface area contributed by atoms with Crippen molar-refractivity contribution >= 4 is 40.3 Å². The molecule has 1 aromatic rings. The van der Waals surface area contributed by atoms with Crippen LogP contribution in [0.4, 0.5) is 0 Å². The molecule has 1 atom stereocenters. The van der Waals surface area contributed by atoms with E-state index >= 15 is 0 Å². The first-order valence-electron chi connectivity index (χ1n) is 3.68. The van der Waals surface area contributed by atoms with Gasteiger partial charge in [-0.3, -0.25) is 0 Å². The molecule has 0 fully saturated rings. The number of rotatable bonds is 1. The van der Waals surface area contributed by atoms with Crippen molar-refractivity contribution in [3.8, 4) is 6.07 Å². The van der Waals surface area contributed by atoms with Gasteiger partial charge >= 0.3 is 94.9 Å². The van der Waals surface area contributed by atoms with Gasteiger partial charge < -0.3 is 0 Å². The second-order valence-corrected chi connectivity index (χ2v) is 13.1. The van der Waals surface area contributed by atoms with Gasteiger partial charge in [0.2, 0.25) is 0 Å². The van der Waals surface area contributed by atoms with Gasteiger partial charge in [0.05, 0.1) is 0 Å². The maximum absolute atomic E-state index is 8.88. The topological polar surface area (TPSA) is 48.5 Å². The standard InChI is InChI=1S/C8H4ClN3Se2/c9-14-12-8(11-13-14)7-4-2-1-3-6(7)5-10/h1-4H. The van der Waals surface area contributed by atoms with Crippen LogP contribution in [0, 0.1) is 11.3 Å². The van der Waals surface area contributed by atoms with Gasteiger partial charge in [0.15, 0.2) is 0 Å². The van der Waals surface area contributed by atoms with E-state index in [4.69, 9.17) is 15.4 Å². The average molecular weight is 336 g/mol. The molecule has 1 aliphatic rings. The van der Waals surface area contributed by atoms with Crippen LogP contribution in [-0.4, -0.2) is 30.2 Å². The Hall–Kier alpha value is -0.491. The molecule has 0 spiro atoms. The molecule has 1 unspecified atom stereocenters. The van der Waals surface area contributed by atoms with Gasteiger partial charge in [-0.25, -0.2) is 0 Å². The normalized spacial score (nSPS) is 19.7. The Bertz CT molecular complexity index is 476. The van der Waals surface area contributed by atoms with E-state index in [9.17, 15) is 0 Å². The van der Waals surface area contributed by atoms with Crippen molar-refractivity contribution in [2.75, 3.05) is 0 Å². The van der Waals surface area contributed by atoms with Gasteiger partial charge in [0.25, 0.3) is 0 Å². The minimum absolute atomic E-state index is 0.0967. The van der Waals surface area contributed by atoms with Crippen molar-refractivity contribution in [2.24, 2.45) is 7.97 Å². The fourth-order valence-corrected chi connectivity index (χ4v) is 6.19. The molecule has 0 amide bonds. The molecular formula is C8H4ClN3Se2. The van der Waals surface area contributed by atoms with E-state index in [-0.39, 0.29) is 13.3 Å². The Morgan fingerprint density at radius 1 is 1.43 bits per heavy atom. The van der Waals surface area contributed by atoms with Crippen molar-refractivity contribution in [3.63, 3.8) is 0 Å². The summed E-state index contributed by atoms with van der Waals surface area (Å²) < 4.78 is 8.56. The summed E-state index contributed by atoms with van der Waals surface area (Å²) in [5.74, 6) is 0.669. The van der Waals surface area contributed by atoms with E-state index < -0.39 is 11.0 Å². The monoisotopic (exact) mass is 337 g/mol. The second kappa shape index (κ2) is 4.35. The Morgan fingerprint density at radius 3 is 2.86 bits per heavy atom. The predicted octanol–water partition coefficient (Wildman–Crippen LogP) is 1.43. The second-order valence-electron chi connectivity index (χ2n) is 2.44. The average Bonchev–Trinajstić information content (AvgIpc) is 2.65. The molecule has 70 valence electrons. The first kappa shape index (κ1) is 10.0. The van der Waals surface area contributed by atoms with Gasteiger partial charge in [-0.2, -0.15) is 0 Å². The van der Waals surface area contributed by atoms with Gasteiger partial charge in [-0.05, 0) is 0 Å². The maximum atomic E-state index is 8.88. The fraction of sp³-hybridized carbons (Fsp3) is 0. The molecule has 3 nitrogen and oxygen atoms in total. The zero-order valence-electron chi connectivity index (χ0n) is 6.85. The quantitative estimate of drug-likeness (QED) is 0.716. The van der Waals surface area contributed by atoms with Crippen molar-refractivity contribution in [2.45, 2.75) is 0 Å². The van der Waals surface area contributed by atoms with E-state index in [2.05, 4.69) is 14.0 Å². The van der Waals surface area contributed by atoms with Crippen LogP contribution in [0.5, 0.6) is 0 Å². The molecule has 1 aromatic carbocycles. The van der Waals surface area contributed by atoms with Gasteiger partial charge in [0, 0.05) is 0 Å². The number of halogens is 1. The van der Waals surface area contributed by atoms with Crippen molar-refractivity contribution < 1.29 is 0 Å². The third kappa shape index (κ3) is 1.95. The van der Waals surface area contributed by atoms with Gasteiger partial charge in [0.1, 0.15) is 0 Å². The molecule has 0 saturated carbocycles. The van der Waals surface area contributed by atoms with Crippen LogP contribution in [0.15, 0.2) is 32.2 Å². The minimum atomic E-state index is -1.34. The summed E-state index contributed by atoms with van der Waals surface area (Å²) in [6.45, 7) is 0. The molecule has 2 rings (SSSR count). The number of nitriles is 1. The summed E-state index contributed by atoms with van der Waals surface area (Å²) in [7, 11) is 4.60. The summed E-state index contributed by atoms with van der Waals surface area (Å²) in [6, 6.07) is 9.46. The summed E-state index contributed by atoms with van der Waals surface area (Å²) >= 11 is 0.0967. The van der Waals surface area contributed by atoms with Crippen LogP contribution in [0.3, 0.4) is 0 Å². The number of amidine groups is 1. The van der Waals surface area contributed by atoms with Crippen molar-refractivity contribution in [1.29, 1.82) is 5.26 Å². The van der Waals surface area contributed by atoms with Crippen LogP contribution in [-0.2, 0) is 0 Å². The van der Waals surface area contributed by atoms with Crippen LogP contribution < -0.4 is 0 Å². The molecule has 0 aliphatic carbocycles. The van der Waals surface area contributed by atoms with Crippen molar-refractivity contribution in [3.05, 3.63) is 35.4 Å². The van der Waals surface area contributed by atoms with Gasteiger partial charge in [-0.15, -0.1) is 0 Å². The molecule has 0 radical (unpaired) electrons. The zero-order valence-corrected chi connectivity index (χ0v) is 11.0. The number of benzene rings is 1. The summed E-state index contributed by atoms with van der Waals surface area (Å²) in [6.07, 6.45) is 0. The zero-order chi connectivity index (χ0) is 9.97. The Labute approximate surface area is 94.6 Å². The molecular weight excluding hydrogens is 331 g/mol. The molecule has 6 heteroatoms. The van der Waals surface area contributed by atoms with Crippen LogP contribution in [0.25, 0.3) is 0 Å². The molecule has 14 heavy (non-hydrogen) atoms. The van der Waals surface area contributed by atoms with Crippen molar-refractivity contribution in [1.82, 2.24) is 0 Å². The van der Waals surface area contributed by atoms with Crippen LogP contribution >= 0.6 is 10.1 Å². The molecule has 0 bridgehead atoms. The number of nitrogens with zero attached hydrogens (tertiary/aromatic N) is 3. The van der Waals surface area contributed by atoms with E-state index in [1.54, 1.807) is 6.07 Å². The molecule has 1 aliphatic heterocycles. The molecule has 0 N–H and O–H groups in total.